The van der Waals surface area contributed by atoms with Crippen molar-refractivity contribution in [2.45, 2.75) is 32.4 Å². The van der Waals surface area contributed by atoms with E-state index in [4.69, 9.17) is 5.73 Å². The SMILES string of the molecule is CC1CN(CCc2ccc(N)cn2)CC(C)N1C. The van der Waals surface area contributed by atoms with Gasteiger partial charge < -0.3 is 5.73 Å². The molecule has 100 valence electrons. The zero-order valence-corrected chi connectivity index (χ0v) is 11.6. The number of nitrogens with two attached hydrogens (primary N) is 1. The molecule has 2 heterocycles. The molecule has 1 fully saturated rings. The number of nitrogen functional groups attached to an aromatic ring is 1. The minimum atomic E-state index is 0.633. The van der Waals surface area contributed by atoms with Crippen molar-refractivity contribution < 1.29 is 0 Å². The molecule has 0 saturated carbocycles. The Balaban J connectivity index is 1.85. The Hall–Kier alpha value is -1.13. The highest BCUT2D eigenvalue weighted by Crippen LogP contribution is 2.13. The third-order valence-electron chi connectivity index (χ3n) is 3.97. The summed E-state index contributed by atoms with van der Waals surface area (Å²) in [5.41, 5.74) is 7.50. The van der Waals surface area contributed by atoms with Crippen molar-refractivity contribution >= 4 is 5.69 Å². The second-order valence-electron chi connectivity index (χ2n) is 5.46. The van der Waals surface area contributed by atoms with Crippen LogP contribution in [-0.2, 0) is 6.42 Å². The Morgan fingerprint density at radius 2 is 1.94 bits per heavy atom. The predicted octanol–water partition coefficient (Wildman–Crippen LogP) is 1.23. The number of aromatic nitrogens is 1. The van der Waals surface area contributed by atoms with E-state index in [2.05, 4.69) is 35.7 Å². The molecule has 2 unspecified atom stereocenters. The monoisotopic (exact) mass is 248 g/mol. The molecule has 2 rings (SSSR count). The van der Waals surface area contributed by atoms with Crippen LogP contribution in [0, 0.1) is 0 Å². The summed E-state index contributed by atoms with van der Waals surface area (Å²) < 4.78 is 0. The van der Waals surface area contributed by atoms with E-state index < -0.39 is 0 Å². The fraction of sp³-hybridized carbons (Fsp3) is 0.643. The van der Waals surface area contributed by atoms with Gasteiger partial charge in [0.1, 0.15) is 0 Å². The largest absolute Gasteiger partial charge is 0.397 e. The molecule has 0 spiro atoms. The molecule has 0 aromatic carbocycles. The van der Waals surface area contributed by atoms with Crippen LogP contribution in [0.15, 0.2) is 18.3 Å². The molecule has 0 amide bonds. The highest BCUT2D eigenvalue weighted by Gasteiger charge is 2.25. The molecule has 4 nitrogen and oxygen atoms in total. The minimum Gasteiger partial charge on any atom is -0.397 e. The molecule has 0 aliphatic carbocycles. The van der Waals surface area contributed by atoms with Gasteiger partial charge in [-0.3, -0.25) is 14.8 Å². The van der Waals surface area contributed by atoms with Crippen LogP contribution in [0.1, 0.15) is 19.5 Å². The summed E-state index contributed by atoms with van der Waals surface area (Å²) in [6, 6.07) is 5.22. The maximum absolute atomic E-state index is 5.64. The summed E-state index contributed by atoms with van der Waals surface area (Å²) in [5, 5.41) is 0. The van der Waals surface area contributed by atoms with Gasteiger partial charge in [-0.25, -0.2) is 0 Å². The Morgan fingerprint density at radius 1 is 1.28 bits per heavy atom. The normalized spacial score (nSPS) is 26.4. The zero-order chi connectivity index (χ0) is 13.1. The number of rotatable bonds is 3. The van der Waals surface area contributed by atoms with E-state index in [1.54, 1.807) is 6.20 Å². The van der Waals surface area contributed by atoms with E-state index in [1.165, 1.54) is 0 Å². The second kappa shape index (κ2) is 5.67. The molecule has 4 heteroatoms. The first kappa shape index (κ1) is 13.3. The summed E-state index contributed by atoms with van der Waals surface area (Å²) in [6.07, 6.45) is 2.74. The van der Waals surface area contributed by atoms with E-state index >= 15 is 0 Å². The van der Waals surface area contributed by atoms with Crippen LogP contribution in [0.5, 0.6) is 0 Å². The first-order chi connectivity index (χ1) is 8.56. The minimum absolute atomic E-state index is 0.633. The zero-order valence-electron chi connectivity index (χ0n) is 11.6. The third kappa shape index (κ3) is 3.21. The van der Waals surface area contributed by atoms with Gasteiger partial charge in [-0.2, -0.15) is 0 Å². The molecule has 2 N–H and O–H groups in total. The van der Waals surface area contributed by atoms with Gasteiger partial charge in [0.2, 0.25) is 0 Å². The summed E-state index contributed by atoms with van der Waals surface area (Å²) in [5.74, 6) is 0. The molecule has 1 aliphatic heterocycles. The number of pyridine rings is 1. The predicted molar refractivity (Wildman–Crippen MR) is 75.5 cm³/mol. The van der Waals surface area contributed by atoms with Crippen molar-refractivity contribution in [3.8, 4) is 0 Å². The number of piperazine rings is 1. The molecule has 1 aromatic rings. The number of hydrogen-bond acceptors (Lipinski definition) is 4. The molecular weight excluding hydrogens is 224 g/mol. The van der Waals surface area contributed by atoms with Gasteiger partial charge in [0.25, 0.3) is 0 Å². The maximum Gasteiger partial charge on any atom is 0.0501 e. The Bertz CT molecular complexity index is 364. The fourth-order valence-corrected chi connectivity index (χ4v) is 2.55. The van der Waals surface area contributed by atoms with Crippen LogP contribution in [-0.4, -0.2) is 53.5 Å². The topological polar surface area (TPSA) is 45.4 Å². The van der Waals surface area contributed by atoms with Crippen molar-refractivity contribution in [1.82, 2.24) is 14.8 Å². The first-order valence-electron chi connectivity index (χ1n) is 6.71. The van der Waals surface area contributed by atoms with Crippen molar-refractivity contribution in [1.29, 1.82) is 0 Å². The van der Waals surface area contributed by atoms with Crippen LogP contribution in [0.4, 0.5) is 5.69 Å². The van der Waals surface area contributed by atoms with E-state index in [1.807, 2.05) is 12.1 Å². The van der Waals surface area contributed by atoms with Crippen LogP contribution >= 0.6 is 0 Å². The van der Waals surface area contributed by atoms with Gasteiger partial charge in [-0.05, 0) is 33.0 Å². The average Bonchev–Trinajstić information content (AvgIpc) is 2.35. The van der Waals surface area contributed by atoms with Crippen LogP contribution < -0.4 is 5.73 Å². The van der Waals surface area contributed by atoms with Crippen molar-refractivity contribution in [3.63, 3.8) is 0 Å². The van der Waals surface area contributed by atoms with Crippen LogP contribution in [0.25, 0.3) is 0 Å². The number of likely N-dealkylation sites (N-methyl/N-ethyl adjacent to an activating group) is 1. The number of nitrogens with zero attached hydrogens (tertiary/aromatic N) is 3. The summed E-state index contributed by atoms with van der Waals surface area (Å²) in [7, 11) is 2.22. The van der Waals surface area contributed by atoms with Crippen LogP contribution in [0.3, 0.4) is 0 Å². The quantitative estimate of drug-likeness (QED) is 0.874. The summed E-state index contributed by atoms with van der Waals surface area (Å²) in [6.45, 7) is 7.97. The fourth-order valence-electron chi connectivity index (χ4n) is 2.55. The molecule has 0 radical (unpaired) electrons. The Morgan fingerprint density at radius 3 is 2.50 bits per heavy atom. The number of anilines is 1. The van der Waals surface area contributed by atoms with Gasteiger partial charge >= 0.3 is 0 Å². The molecule has 1 aliphatic rings. The van der Waals surface area contributed by atoms with E-state index in [-0.39, 0.29) is 0 Å². The molecular formula is C14H24N4. The standard InChI is InChI=1S/C14H24N4/c1-11-9-18(10-12(2)17(11)3)7-6-14-5-4-13(15)8-16-14/h4-5,8,11-12H,6-7,9-10,15H2,1-3H3. The lowest BCUT2D eigenvalue weighted by Crippen LogP contribution is -2.55. The molecule has 2 atom stereocenters. The van der Waals surface area contributed by atoms with E-state index in [0.717, 1.165) is 37.4 Å². The van der Waals surface area contributed by atoms with Crippen LogP contribution in [0.2, 0.25) is 0 Å². The molecule has 18 heavy (non-hydrogen) atoms. The van der Waals surface area contributed by atoms with Gasteiger partial charge in [0.15, 0.2) is 0 Å². The Labute approximate surface area is 110 Å². The highest BCUT2D eigenvalue weighted by atomic mass is 15.3. The second-order valence-corrected chi connectivity index (χ2v) is 5.46. The lowest BCUT2D eigenvalue weighted by atomic mass is 10.1. The average molecular weight is 248 g/mol. The first-order valence-corrected chi connectivity index (χ1v) is 6.71. The Kier molecular flexibility index (Phi) is 4.19. The summed E-state index contributed by atoms with van der Waals surface area (Å²) in [4.78, 5) is 9.34. The van der Waals surface area contributed by atoms with Crippen molar-refractivity contribution in [2.24, 2.45) is 0 Å². The van der Waals surface area contributed by atoms with Gasteiger partial charge in [0.05, 0.1) is 11.9 Å². The molecule has 1 saturated heterocycles. The highest BCUT2D eigenvalue weighted by molar-refractivity contribution is 5.34. The van der Waals surface area contributed by atoms with Gasteiger partial charge in [-0.1, -0.05) is 0 Å². The third-order valence-corrected chi connectivity index (χ3v) is 3.97. The van der Waals surface area contributed by atoms with E-state index in [0.29, 0.717) is 12.1 Å². The van der Waals surface area contributed by atoms with E-state index in [9.17, 15) is 0 Å². The van der Waals surface area contributed by atoms with Crippen molar-refractivity contribution in [2.75, 3.05) is 32.4 Å². The van der Waals surface area contributed by atoms with Gasteiger partial charge in [0, 0.05) is 43.8 Å². The smallest absolute Gasteiger partial charge is 0.0501 e. The lowest BCUT2D eigenvalue weighted by molar-refractivity contribution is 0.0607. The molecule has 1 aromatic heterocycles. The van der Waals surface area contributed by atoms with Gasteiger partial charge in [-0.15, -0.1) is 0 Å². The molecule has 0 bridgehead atoms. The summed E-state index contributed by atoms with van der Waals surface area (Å²) >= 11 is 0. The lowest BCUT2D eigenvalue weighted by Gasteiger charge is -2.42. The maximum atomic E-state index is 5.64. The number of hydrogen-bond donors (Lipinski definition) is 1. The van der Waals surface area contributed by atoms with Crippen molar-refractivity contribution in [3.05, 3.63) is 24.0 Å².